The molecule has 3 heterocycles. The van der Waals surface area contributed by atoms with Crippen LogP contribution in [0.15, 0.2) is 85.0 Å². The Balaban J connectivity index is 0.000000338. The van der Waals surface area contributed by atoms with Gasteiger partial charge >= 0.3 is 0 Å². The summed E-state index contributed by atoms with van der Waals surface area (Å²) in [6.07, 6.45) is 6.17. The zero-order valence-electron chi connectivity index (χ0n) is 19.3. The van der Waals surface area contributed by atoms with Crippen LogP contribution in [0.5, 0.6) is 23.0 Å². The van der Waals surface area contributed by atoms with E-state index in [1.165, 1.54) is 19.9 Å². The normalized spacial score (nSPS) is 16.3. The fourth-order valence-corrected chi connectivity index (χ4v) is 8.48. The Labute approximate surface area is 227 Å². The van der Waals surface area contributed by atoms with Crippen molar-refractivity contribution in [2.24, 2.45) is 0 Å². The van der Waals surface area contributed by atoms with Crippen LogP contribution in [0.1, 0.15) is 13.8 Å². The summed E-state index contributed by atoms with van der Waals surface area (Å²) in [4.78, 5) is 18.6. The fourth-order valence-electron chi connectivity index (χ4n) is 4.06. The molecule has 1 radical (unpaired) electrons. The van der Waals surface area contributed by atoms with Crippen molar-refractivity contribution in [2.75, 3.05) is 0 Å². The van der Waals surface area contributed by atoms with Crippen molar-refractivity contribution in [3.05, 3.63) is 91.1 Å². The number of ketones is 1. The first-order valence-corrected chi connectivity index (χ1v) is 13.6. The molecule has 0 fully saturated rings. The molecule has 0 bridgehead atoms. The minimum Gasteiger partial charge on any atom is -0.512 e. The second kappa shape index (κ2) is 10.5. The van der Waals surface area contributed by atoms with Gasteiger partial charge in [-0.2, -0.15) is 0 Å². The van der Waals surface area contributed by atoms with E-state index in [0.717, 1.165) is 33.0 Å². The Morgan fingerprint density at radius 2 is 1.64 bits per heavy atom. The number of rotatable bonds is 2. The first-order chi connectivity index (χ1) is 16.9. The molecule has 1 atom stereocenters. The van der Waals surface area contributed by atoms with Crippen LogP contribution in [0, 0.1) is 6.07 Å². The van der Waals surface area contributed by atoms with Gasteiger partial charge in [-0.3, -0.25) is 9.78 Å². The van der Waals surface area contributed by atoms with Crippen LogP contribution in [-0.4, -0.2) is 20.9 Å². The molecule has 3 aromatic carbocycles. The van der Waals surface area contributed by atoms with Crippen molar-refractivity contribution in [1.29, 1.82) is 0 Å². The summed E-state index contributed by atoms with van der Waals surface area (Å²) in [5.74, 6) is 2.86. The van der Waals surface area contributed by atoms with Crippen LogP contribution < -0.4 is 25.4 Å². The van der Waals surface area contributed by atoms with Gasteiger partial charge in [-0.25, -0.2) is 0 Å². The molecule has 36 heavy (non-hydrogen) atoms. The molecule has 6 rings (SSSR count). The summed E-state index contributed by atoms with van der Waals surface area (Å²) in [6, 6.07) is 19.0. The number of carbonyl (C=O) groups excluding carboxylic acids is 1. The van der Waals surface area contributed by atoms with Gasteiger partial charge in [-0.05, 0) is 31.3 Å². The maximum atomic E-state index is 10.0. The van der Waals surface area contributed by atoms with Crippen molar-refractivity contribution in [3.8, 4) is 34.3 Å². The van der Waals surface area contributed by atoms with Crippen molar-refractivity contribution < 1.29 is 39.5 Å². The van der Waals surface area contributed by atoms with Gasteiger partial charge in [0.05, 0.1) is 17.3 Å². The number of nitrogens with zero attached hydrogens (tertiary/aromatic N) is 2. The van der Waals surface area contributed by atoms with Crippen LogP contribution in [0.3, 0.4) is 0 Å². The third-order valence-corrected chi connectivity index (χ3v) is 10.3. The van der Waals surface area contributed by atoms with Gasteiger partial charge in [0.15, 0.2) is 5.78 Å². The number of aliphatic hydroxyl groups excluding tert-OH is 1. The molecule has 9 heteroatoms. The summed E-state index contributed by atoms with van der Waals surface area (Å²) in [5.41, 5.74) is 1.47. The number of carbonyl (C=O) groups is 1. The third-order valence-electron chi connectivity index (χ3n) is 5.38. The molecule has 0 amide bonds. The number of fused-ring (bicyclic) bond motifs is 4. The number of hydrogen-bond donors (Lipinski definition) is 1. The van der Waals surface area contributed by atoms with Crippen molar-refractivity contribution in [1.82, 2.24) is 9.97 Å². The van der Waals surface area contributed by atoms with Crippen molar-refractivity contribution >= 4 is 39.5 Å². The Kier molecular flexibility index (Phi) is 7.53. The van der Waals surface area contributed by atoms with Crippen molar-refractivity contribution in [2.45, 2.75) is 13.8 Å². The average molecular weight is 692 g/mol. The molecule has 2 aliphatic heterocycles. The maximum absolute atomic E-state index is 10.0. The molecule has 6 nitrogen and oxygen atoms in total. The van der Waals surface area contributed by atoms with E-state index >= 15 is 0 Å². The third kappa shape index (κ3) is 4.65. The summed E-state index contributed by atoms with van der Waals surface area (Å²) in [7, 11) is 0. The quantitative estimate of drug-likeness (QED) is 0.119. The van der Waals surface area contributed by atoms with E-state index in [1.807, 2.05) is 42.5 Å². The fraction of sp³-hybridized carbons (Fsp3) is 0.0741. The maximum Gasteiger partial charge on any atom is 0.155 e. The average Bonchev–Trinajstić information content (AvgIpc) is 2.84. The van der Waals surface area contributed by atoms with E-state index in [2.05, 4.69) is 28.2 Å². The molecule has 183 valence electrons. The molecule has 0 saturated carbocycles. The first kappa shape index (κ1) is 25.9. The molecule has 1 N–H and O–H groups in total. The summed E-state index contributed by atoms with van der Waals surface area (Å²) in [6.45, 7) is 2.85. The van der Waals surface area contributed by atoms with E-state index in [4.69, 9.17) is 26.4 Å². The smallest absolute Gasteiger partial charge is 0.155 e. The van der Waals surface area contributed by atoms with Gasteiger partial charge < -0.3 is 19.6 Å². The summed E-state index contributed by atoms with van der Waals surface area (Å²) >= 11 is 6.42. The molecular weight excluding hydrogens is 672 g/mol. The van der Waals surface area contributed by atoms with Gasteiger partial charge in [0, 0.05) is 67.1 Å². The molecular formula is C27H20IrN2O4PS-. The predicted molar refractivity (Wildman–Crippen MR) is 140 cm³/mol. The second-order valence-corrected chi connectivity index (χ2v) is 12.2. The monoisotopic (exact) mass is 692 g/mol. The van der Waals surface area contributed by atoms with Gasteiger partial charge in [0.1, 0.15) is 11.5 Å². The molecule has 0 aliphatic carbocycles. The van der Waals surface area contributed by atoms with Gasteiger partial charge in [-0.15, -0.1) is 5.56 Å². The predicted octanol–water partition coefficient (Wildman–Crippen LogP) is 4.95. The zero-order valence-corrected chi connectivity index (χ0v) is 23.4. The van der Waals surface area contributed by atoms with Crippen LogP contribution in [-0.2, 0) is 36.7 Å². The second-order valence-electron chi connectivity index (χ2n) is 7.96. The summed E-state index contributed by atoms with van der Waals surface area (Å²) < 4.78 is 12.5. The number of aliphatic hydroxyl groups is 1. The minimum absolute atomic E-state index is 0. The Morgan fingerprint density at radius 3 is 2.19 bits per heavy atom. The van der Waals surface area contributed by atoms with E-state index in [1.54, 1.807) is 18.6 Å². The Morgan fingerprint density at radius 1 is 1.00 bits per heavy atom. The van der Waals surface area contributed by atoms with Crippen LogP contribution in [0.2, 0.25) is 0 Å². The molecule has 1 unspecified atom stereocenters. The number of para-hydroxylation sites is 2. The number of ether oxygens (including phenoxy) is 2. The van der Waals surface area contributed by atoms with E-state index in [-0.39, 0.29) is 31.6 Å². The summed E-state index contributed by atoms with van der Waals surface area (Å²) in [5, 5.41) is 11.4. The minimum atomic E-state index is -2.31. The van der Waals surface area contributed by atoms with Crippen LogP contribution in [0.25, 0.3) is 11.3 Å². The van der Waals surface area contributed by atoms with Crippen LogP contribution >= 0.6 is 6.04 Å². The Bertz CT molecular complexity index is 1460. The van der Waals surface area contributed by atoms with Gasteiger partial charge in [0.25, 0.3) is 0 Å². The number of benzene rings is 3. The number of hydrogen-bond acceptors (Lipinski definition) is 7. The first-order valence-electron chi connectivity index (χ1n) is 10.8. The Hall–Kier alpha value is -3.15. The standard InChI is InChI=1S/C22H12N2O2PS.C5H8O2.Ir/c28-27-20-7-3-1-5-16(20)25-18-11-14(15-13-23-9-10-24-15)12-19(22(18)27)26-17-6-2-4-8-21(17)27;1-4(6)3-5(2)7;/h1-11,13H;3,6H,1-2H3;/q-1;;/b;4-3-;. The van der Waals surface area contributed by atoms with E-state index < -0.39 is 6.04 Å². The topological polar surface area (TPSA) is 81.5 Å². The van der Waals surface area contributed by atoms with Gasteiger partial charge in [0.2, 0.25) is 0 Å². The molecule has 1 aromatic heterocycles. The SMILES string of the molecule is CC(=O)/C=C(/C)O.S=P12c3ccccc3Oc3[c-]c(-c4cnccn4)cc(c31)Oc1ccccc12.[Ir]. The van der Waals surface area contributed by atoms with Crippen LogP contribution in [0.4, 0.5) is 0 Å². The molecule has 4 aromatic rings. The van der Waals surface area contributed by atoms with Gasteiger partial charge in [-0.1, -0.05) is 60.3 Å². The van der Waals surface area contributed by atoms with E-state index in [9.17, 15) is 4.79 Å². The molecule has 0 saturated heterocycles. The number of aromatic nitrogens is 2. The zero-order chi connectivity index (χ0) is 24.6. The largest absolute Gasteiger partial charge is 0.512 e. The van der Waals surface area contributed by atoms with Crippen molar-refractivity contribution in [3.63, 3.8) is 0 Å². The number of allylic oxidation sites excluding steroid dienone is 2. The molecule has 0 spiro atoms. The van der Waals surface area contributed by atoms with E-state index in [0.29, 0.717) is 17.2 Å². The molecule has 2 aliphatic rings.